The van der Waals surface area contributed by atoms with Crippen molar-refractivity contribution in [1.29, 1.82) is 0 Å². The molecule has 11 nitrogen and oxygen atoms in total. The molecule has 0 bridgehead atoms. The highest BCUT2D eigenvalue weighted by molar-refractivity contribution is 6.01. The second-order valence-corrected chi connectivity index (χ2v) is 20.2. The van der Waals surface area contributed by atoms with Gasteiger partial charge in [-0.3, -0.25) is 19.2 Å². The summed E-state index contributed by atoms with van der Waals surface area (Å²) in [6, 6.07) is 0. The number of esters is 2. The first-order valence-corrected chi connectivity index (χ1v) is 25.5. The predicted octanol–water partition coefficient (Wildman–Crippen LogP) is 9.54. The molecular weight excluding hydrogens is 799 g/mol. The van der Waals surface area contributed by atoms with Crippen molar-refractivity contribution >= 4 is 23.5 Å². The summed E-state index contributed by atoms with van der Waals surface area (Å²) in [7, 11) is 0. The number of ether oxygens (including phenoxy) is 4. The summed E-state index contributed by atoms with van der Waals surface area (Å²) in [5.41, 5.74) is -1.36. The standard InChI is InChI=1S/C52H85NO10/c1-6-9-13-22-40(23-14-10-7-2)61-47(59)25-16-12-18-31-53(32-19-20-33-54)30-17-11-15-24-46(58)60-37-44(57)52-45(62-48(63-52)21-8-3)35-42-41-27-26-38-34-39(55)28-29-50(38,4)49(41)43(56)36-51(42,52)5/h28-29,34,40-43,45,48-49,54,56H,6-27,30-33,35-37H2,1-5H3. The number of fused-ring (bicyclic) bond motifs is 7. The summed E-state index contributed by atoms with van der Waals surface area (Å²) in [5, 5.41) is 21.4. The fourth-order valence-electron chi connectivity index (χ4n) is 12.4. The third-order valence-electron chi connectivity index (χ3n) is 15.7. The lowest BCUT2D eigenvalue weighted by Gasteiger charge is -2.59. The zero-order valence-electron chi connectivity index (χ0n) is 39.9. The van der Waals surface area contributed by atoms with Gasteiger partial charge in [0, 0.05) is 36.2 Å². The van der Waals surface area contributed by atoms with Crippen LogP contribution in [-0.2, 0) is 38.1 Å². The van der Waals surface area contributed by atoms with Crippen molar-refractivity contribution in [3.05, 3.63) is 23.8 Å². The lowest BCUT2D eigenvalue weighted by Crippen LogP contribution is -2.63. The van der Waals surface area contributed by atoms with Gasteiger partial charge in [0.2, 0.25) is 5.78 Å². The summed E-state index contributed by atoms with van der Waals surface area (Å²) in [5.74, 6) is -0.630. The highest BCUT2D eigenvalue weighted by atomic mass is 16.7. The van der Waals surface area contributed by atoms with Gasteiger partial charge in [0.15, 0.2) is 24.3 Å². The third kappa shape index (κ3) is 12.7. The van der Waals surface area contributed by atoms with Crippen LogP contribution in [0.1, 0.15) is 189 Å². The van der Waals surface area contributed by atoms with Crippen LogP contribution in [0.3, 0.4) is 0 Å². The van der Waals surface area contributed by atoms with E-state index in [0.29, 0.717) is 32.1 Å². The average molecular weight is 884 g/mol. The first-order chi connectivity index (χ1) is 30.4. The Hall–Kier alpha value is -2.44. The fourth-order valence-corrected chi connectivity index (χ4v) is 12.4. The molecule has 0 spiro atoms. The lowest BCUT2D eigenvalue weighted by atomic mass is 9.46. The van der Waals surface area contributed by atoms with Gasteiger partial charge in [0.25, 0.3) is 0 Å². The van der Waals surface area contributed by atoms with Crippen molar-refractivity contribution in [1.82, 2.24) is 4.90 Å². The van der Waals surface area contributed by atoms with Crippen molar-refractivity contribution in [2.75, 3.05) is 32.8 Å². The molecule has 1 aliphatic heterocycles. The van der Waals surface area contributed by atoms with Gasteiger partial charge >= 0.3 is 11.9 Å². The Morgan fingerprint density at radius 3 is 2.14 bits per heavy atom. The van der Waals surface area contributed by atoms with Gasteiger partial charge in [-0.25, -0.2) is 0 Å². The van der Waals surface area contributed by atoms with E-state index in [1.165, 1.54) is 25.7 Å². The molecule has 0 radical (unpaired) electrons. The van der Waals surface area contributed by atoms with Crippen molar-refractivity contribution < 1.29 is 48.3 Å². The first kappa shape index (κ1) is 51.5. The zero-order chi connectivity index (χ0) is 45.5. The Morgan fingerprint density at radius 1 is 0.857 bits per heavy atom. The van der Waals surface area contributed by atoms with E-state index in [2.05, 4.69) is 39.5 Å². The van der Waals surface area contributed by atoms with Gasteiger partial charge in [0.1, 0.15) is 6.10 Å². The van der Waals surface area contributed by atoms with E-state index in [-0.39, 0.29) is 61.0 Å². The Balaban J connectivity index is 1.06. The highest BCUT2D eigenvalue weighted by Gasteiger charge is 2.76. The third-order valence-corrected chi connectivity index (χ3v) is 15.7. The Kier molecular flexibility index (Phi) is 20.4. The second-order valence-electron chi connectivity index (χ2n) is 20.2. The molecule has 11 heteroatoms. The van der Waals surface area contributed by atoms with Crippen LogP contribution >= 0.6 is 0 Å². The molecule has 63 heavy (non-hydrogen) atoms. The molecule has 3 saturated carbocycles. The number of allylic oxidation sites excluding steroid dienone is 4. The average Bonchev–Trinajstić information content (AvgIpc) is 3.74. The minimum absolute atomic E-state index is 0.0000169. The molecule has 1 heterocycles. The Labute approximate surface area is 379 Å². The molecule has 0 aromatic rings. The van der Waals surface area contributed by atoms with Crippen LogP contribution in [0.2, 0.25) is 0 Å². The zero-order valence-corrected chi connectivity index (χ0v) is 39.9. The number of carbonyl (C=O) groups is 4. The minimum Gasteiger partial charge on any atom is -0.462 e. The van der Waals surface area contributed by atoms with Crippen LogP contribution in [-0.4, -0.2) is 102 Å². The van der Waals surface area contributed by atoms with Crippen LogP contribution < -0.4 is 0 Å². The molecule has 4 aliphatic carbocycles. The number of ketones is 2. The van der Waals surface area contributed by atoms with Gasteiger partial charge in [-0.15, -0.1) is 0 Å². The molecular formula is C52H85NO10. The van der Waals surface area contributed by atoms with Crippen LogP contribution in [0.25, 0.3) is 0 Å². The van der Waals surface area contributed by atoms with E-state index in [1.807, 2.05) is 6.08 Å². The number of nitrogens with zero attached hydrogens (tertiary/aromatic N) is 1. The first-order valence-electron chi connectivity index (χ1n) is 25.5. The van der Waals surface area contributed by atoms with Crippen molar-refractivity contribution in [2.45, 2.75) is 219 Å². The molecule has 0 amide bonds. The van der Waals surface area contributed by atoms with Crippen LogP contribution in [0, 0.1) is 28.6 Å². The number of unbranched alkanes of at least 4 members (excludes halogenated alkanes) is 9. The summed E-state index contributed by atoms with van der Waals surface area (Å²) < 4.78 is 24.9. The molecule has 0 aromatic heterocycles. The molecule has 5 rings (SSSR count). The lowest BCUT2D eigenvalue weighted by molar-refractivity contribution is -0.201. The van der Waals surface area contributed by atoms with Crippen LogP contribution in [0.15, 0.2) is 23.8 Å². The Morgan fingerprint density at radius 2 is 1.51 bits per heavy atom. The summed E-state index contributed by atoms with van der Waals surface area (Å²) in [6.07, 6.45) is 24.3. The smallest absolute Gasteiger partial charge is 0.306 e. The van der Waals surface area contributed by atoms with E-state index in [9.17, 15) is 29.4 Å². The second kappa shape index (κ2) is 24.9. The predicted molar refractivity (Wildman–Crippen MR) is 245 cm³/mol. The maximum atomic E-state index is 14.5. The van der Waals surface area contributed by atoms with E-state index >= 15 is 0 Å². The van der Waals surface area contributed by atoms with Crippen molar-refractivity contribution in [3.63, 3.8) is 0 Å². The van der Waals surface area contributed by atoms with Gasteiger partial charge in [-0.2, -0.15) is 0 Å². The molecule has 9 unspecified atom stereocenters. The summed E-state index contributed by atoms with van der Waals surface area (Å²) in [6.45, 7) is 13.2. The maximum Gasteiger partial charge on any atom is 0.306 e. The van der Waals surface area contributed by atoms with E-state index in [1.54, 1.807) is 12.2 Å². The maximum absolute atomic E-state index is 14.5. The number of aliphatic hydroxyl groups excluding tert-OH is 2. The van der Waals surface area contributed by atoms with Gasteiger partial charge in [-0.1, -0.05) is 91.2 Å². The summed E-state index contributed by atoms with van der Waals surface area (Å²) >= 11 is 0. The number of hydrogen-bond donors (Lipinski definition) is 2. The van der Waals surface area contributed by atoms with Crippen molar-refractivity contribution in [3.8, 4) is 0 Å². The normalized spacial score (nSPS) is 30.8. The van der Waals surface area contributed by atoms with E-state index < -0.39 is 40.9 Å². The number of hydrogen-bond acceptors (Lipinski definition) is 11. The molecule has 5 aliphatic rings. The highest BCUT2D eigenvalue weighted by Crippen LogP contribution is 2.69. The Bertz CT molecular complexity index is 1540. The largest absolute Gasteiger partial charge is 0.462 e. The quantitative estimate of drug-likeness (QED) is 0.0525. The van der Waals surface area contributed by atoms with Crippen LogP contribution in [0.5, 0.6) is 0 Å². The number of carbonyl (C=O) groups excluding carboxylic acids is 4. The van der Waals surface area contributed by atoms with Gasteiger partial charge in [0.05, 0.1) is 12.2 Å². The molecule has 2 N–H and O–H groups in total. The van der Waals surface area contributed by atoms with E-state index in [0.717, 1.165) is 115 Å². The molecule has 0 aromatic carbocycles. The SMILES string of the molecule is CCCCCC(CCCCC)OC(=O)CCCCCN(CCCCO)CCCCCC(=O)OCC(=O)C12OC(CCC)OC1CC1C3CCC4=CC(=O)C=CC4(C)C3C(O)CC12C. The molecule has 9 atom stereocenters. The van der Waals surface area contributed by atoms with Crippen LogP contribution in [0.4, 0.5) is 0 Å². The number of Topliss-reactive ketones (excluding diaryl/α,β-unsaturated/α-hetero) is 1. The molecule has 4 fully saturated rings. The fraction of sp³-hybridized carbons (Fsp3) is 0.846. The van der Waals surface area contributed by atoms with Gasteiger partial charge < -0.3 is 34.1 Å². The molecule has 358 valence electrons. The topological polar surface area (TPSA) is 149 Å². The van der Waals surface area contributed by atoms with E-state index in [4.69, 9.17) is 18.9 Å². The molecule has 1 saturated heterocycles. The monoisotopic (exact) mass is 884 g/mol. The minimum atomic E-state index is -1.31. The summed E-state index contributed by atoms with van der Waals surface area (Å²) in [4.78, 5) is 55.1. The van der Waals surface area contributed by atoms with Gasteiger partial charge in [-0.05, 0) is 140 Å². The number of rotatable bonds is 30. The number of aliphatic hydroxyl groups is 2. The van der Waals surface area contributed by atoms with Crippen molar-refractivity contribution in [2.24, 2.45) is 28.6 Å².